The molecular formula is C3H5N2O6S2+. The Balaban J connectivity index is 3.56. The minimum absolute atomic E-state index is 0.366. The number of quaternary nitrogens is 1. The summed E-state index contributed by atoms with van der Waals surface area (Å²) in [5, 5.41) is 0. The fraction of sp³-hybridized carbons (Fsp3) is 0. The SMILES string of the molecule is O=S(=O)(O)[N+]1(S(=O)(=O)O)C=CN=C1. The Morgan fingerprint density at radius 2 is 1.54 bits per heavy atom. The molecule has 1 rings (SSSR count). The average Bonchev–Trinajstić information content (AvgIpc) is 2.28. The Kier molecular flexibility index (Phi) is 2.04. The summed E-state index contributed by atoms with van der Waals surface area (Å²) in [6, 6.07) is 0. The van der Waals surface area contributed by atoms with Gasteiger partial charge in [-0.25, -0.2) is 14.1 Å². The van der Waals surface area contributed by atoms with E-state index in [9.17, 15) is 16.8 Å². The minimum atomic E-state index is -5.06. The quantitative estimate of drug-likeness (QED) is 0.459. The molecule has 74 valence electrons. The third kappa shape index (κ3) is 1.38. The predicted octanol–water partition coefficient (Wildman–Crippen LogP) is -1.08. The van der Waals surface area contributed by atoms with E-state index in [0.29, 0.717) is 12.5 Å². The van der Waals surface area contributed by atoms with Gasteiger partial charge in [0.25, 0.3) is 0 Å². The van der Waals surface area contributed by atoms with Gasteiger partial charge in [0, 0.05) is 3.29 Å². The standard InChI is InChI=1S/C3H4N2O6S2/c6-12(7,8)5(13(9,10)11)2-1-4-3-5/h1-3H,(H-,6,7,8,9,10,11)/p+1. The molecule has 0 aromatic carbocycles. The molecule has 0 radical (unpaired) electrons. The second-order valence-corrected chi connectivity index (χ2v) is 5.33. The molecule has 0 bridgehead atoms. The molecular weight excluding hydrogens is 224 g/mol. The Morgan fingerprint density at radius 3 is 1.69 bits per heavy atom. The van der Waals surface area contributed by atoms with Crippen LogP contribution in [0.1, 0.15) is 0 Å². The van der Waals surface area contributed by atoms with Crippen LogP contribution < -0.4 is 0 Å². The minimum Gasteiger partial charge on any atom is -0.240 e. The molecule has 2 N–H and O–H groups in total. The van der Waals surface area contributed by atoms with Crippen LogP contribution in [0.15, 0.2) is 17.4 Å². The van der Waals surface area contributed by atoms with Gasteiger partial charge in [0.05, 0.1) is 6.20 Å². The van der Waals surface area contributed by atoms with Crippen molar-refractivity contribution in [3.05, 3.63) is 12.4 Å². The smallest absolute Gasteiger partial charge is 0.240 e. The normalized spacial score (nSPS) is 20.8. The van der Waals surface area contributed by atoms with E-state index in [4.69, 9.17) is 9.11 Å². The first kappa shape index (κ1) is 10.3. The van der Waals surface area contributed by atoms with Crippen LogP contribution >= 0.6 is 0 Å². The third-order valence-corrected chi connectivity index (χ3v) is 4.31. The van der Waals surface area contributed by atoms with E-state index < -0.39 is 23.9 Å². The van der Waals surface area contributed by atoms with Gasteiger partial charge >= 0.3 is 20.6 Å². The lowest BCUT2D eigenvalue weighted by atomic mass is 11.0. The van der Waals surface area contributed by atoms with Gasteiger partial charge in [-0.05, 0) is 0 Å². The van der Waals surface area contributed by atoms with Crippen molar-refractivity contribution in [1.82, 2.24) is 0 Å². The van der Waals surface area contributed by atoms with Crippen LogP contribution in [0.3, 0.4) is 0 Å². The molecule has 8 nitrogen and oxygen atoms in total. The third-order valence-electron chi connectivity index (χ3n) is 1.31. The highest BCUT2D eigenvalue weighted by Gasteiger charge is 2.52. The van der Waals surface area contributed by atoms with Gasteiger partial charge in [0.1, 0.15) is 0 Å². The lowest BCUT2D eigenvalue weighted by Crippen LogP contribution is -2.49. The molecule has 1 heterocycles. The van der Waals surface area contributed by atoms with Gasteiger partial charge in [-0.2, -0.15) is 0 Å². The molecule has 0 saturated heterocycles. The predicted molar refractivity (Wildman–Crippen MR) is 41.0 cm³/mol. The van der Waals surface area contributed by atoms with Crippen molar-refractivity contribution in [2.75, 3.05) is 0 Å². The van der Waals surface area contributed by atoms with Crippen LogP contribution in [-0.4, -0.2) is 35.6 Å². The van der Waals surface area contributed by atoms with Crippen LogP contribution in [0, 0.1) is 0 Å². The van der Waals surface area contributed by atoms with Gasteiger partial charge < -0.3 is 0 Å². The average molecular weight is 229 g/mol. The van der Waals surface area contributed by atoms with Crippen LogP contribution in [-0.2, 0) is 20.6 Å². The highest BCUT2D eigenvalue weighted by atomic mass is 32.3. The van der Waals surface area contributed by atoms with E-state index in [-0.39, 0.29) is 0 Å². The maximum absolute atomic E-state index is 10.6. The lowest BCUT2D eigenvalue weighted by molar-refractivity contribution is -0.497. The summed E-state index contributed by atoms with van der Waals surface area (Å²) in [4.78, 5) is 3.16. The van der Waals surface area contributed by atoms with Crippen LogP contribution in [0.2, 0.25) is 0 Å². The fourth-order valence-corrected chi connectivity index (χ4v) is 2.41. The first-order valence-electron chi connectivity index (χ1n) is 2.76. The van der Waals surface area contributed by atoms with Gasteiger partial charge in [-0.3, -0.25) is 0 Å². The van der Waals surface area contributed by atoms with E-state index >= 15 is 0 Å². The molecule has 0 amide bonds. The summed E-state index contributed by atoms with van der Waals surface area (Å²) >= 11 is 0. The maximum Gasteiger partial charge on any atom is 0.460 e. The van der Waals surface area contributed by atoms with E-state index in [1.807, 2.05) is 0 Å². The Morgan fingerprint density at radius 1 is 1.08 bits per heavy atom. The zero-order valence-corrected chi connectivity index (χ0v) is 7.60. The number of aliphatic imine (C=N–C) groups is 1. The van der Waals surface area contributed by atoms with Crippen LogP contribution in [0.5, 0.6) is 0 Å². The highest BCUT2D eigenvalue weighted by Crippen LogP contribution is 2.21. The number of rotatable bonds is 2. The molecule has 1 aliphatic rings. The Hall–Kier alpha value is -0.810. The summed E-state index contributed by atoms with van der Waals surface area (Å²) in [6.07, 6.45) is 1.69. The summed E-state index contributed by atoms with van der Waals surface area (Å²) < 4.78 is 57.6. The van der Waals surface area contributed by atoms with Crippen molar-refractivity contribution in [3.63, 3.8) is 0 Å². The molecule has 0 aromatic rings. The van der Waals surface area contributed by atoms with Crippen molar-refractivity contribution < 1.29 is 29.2 Å². The maximum atomic E-state index is 10.6. The fourth-order valence-electron chi connectivity index (χ4n) is 0.693. The zero-order chi connectivity index (χ0) is 10.3. The van der Waals surface area contributed by atoms with E-state index in [1.165, 1.54) is 0 Å². The molecule has 1 aliphatic heterocycles. The highest BCUT2D eigenvalue weighted by molar-refractivity contribution is 7.93. The summed E-state index contributed by atoms with van der Waals surface area (Å²) in [7, 11) is -10.1. The zero-order valence-electron chi connectivity index (χ0n) is 5.97. The molecule has 13 heavy (non-hydrogen) atoms. The van der Waals surface area contributed by atoms with Crippen molar-refractivity contribution in [2.24, 2.45) is 4.99 Å². The largest absolute Gasteiger partial charge is 0.460 e. The topological polar surface area (TPSA) is 121 Å². The van der Waals surface area contributed by atoms with Crippen molar-refractivity contribution in [3.8, 4) is 0 Å². The Labute approximate surface area is 74.2 Å². The molecule has 0 atom stereocenters. The van der Waals surface area contributed by atoms with E-state index in [0.717, 1.165) is 6.20 Å². The first-order chi connectivity index (χ1) is 5.71. The number of nitrogens with zero attached hydrogens (tertiary/aromatic N) is 2. The van der Waals surface area contributed by atoms with Gasteiger partial charge in [-0.1, -0.05) is 0 Å². The van der Waals surface area contributed by atoms with Crippen molar-refractivity contribution in [1.29, 1.82) is 0 Å². The monoisotopic (exact) mass is 229 g/mol. The van der Waals surface area contributed by atoms with Crippen LogP contribution in [0.4, 0.5) is 0 Å². The van der Waals surface area contributed by atoms with Gasteiger partial charge in [-0.15, -0.1) is 16.8 Å². The summed E-state index contributed by atoms with van der Waals surface area (Å²) in [5.41, 5.74) is 0. The molecule has 0 unspecified atom stereocenters. The van der Waals surface area contributed by atoms with Crippen molar-refractivity contribution >= 4 is 26.9 Å². The van der Waals surface area contributed by atoms with E-state index in [1.54, 1.807) is 0 Å². The second kappa shape index (κ2) is 2.59. The van der Waals surface area contributed by atoms with Crippen molar-refractivity contribution in [2.45, 2.75) is 0 Å². The second-order valence-electron chi connectivity index (χ2n) is 2.10. The molecule has 10 heteroatoms. The first-order valence-corrected chi connectivity index (χ1v) is 5.56. The Bertz CT molecular complexity index is 424. The number of hydrogen-bond acceptors (Lipinski definition) is 5. The van der Waals surface area contributed by atoms with Gasteiger partial charge in [0.2, 0.25) is 6.34 Å². The van der Waals surface area contributed by atoms with E-state index in [2.05, 4.69) is 4.99 Å². The molecule has 0 fully saturated rings. The molecule has 0 aromatic heterocycles. The van der Waals surface area contributed by atoms with Crippen LogP contribution in [0.25, 0.3) is 0 Å². The molecule has 0 saturated carbocycles. The summed E-state index contributed by atoms with van der Waals surface area (Å²) in [5.74, 6) is 0. The summed E-state index contributed by atoms with van der Waals surface area (Å²) in [6.45, 7) is 0. The molecule has 0 aliphatic carbocycles. The lowest BCUT2D eigenvalue weighted by Gasteiger charge is -2.16. The number of hydrogen-bond donors (Lipinski definition) is 2. The van der Waals surface area contributed by atoms with Gasteiger partial charge in [0.15, 0.2) is 6.20 Å². The molecule has 0 spiro atoms.